The molecule has 1 aromatic carbocycles. The molecule has 0 saturated carbocycles. The van der Waals surface area contributed by atoms with Gasteiger partial charge in [-0.25, -0.2) is 4.98 Å². The molecule has 0 aliphatic rings. The van der Waals surface area contributed by atoms with E-state index in [2.05, 4.69) is 59.4 Å². The van der Waals surface area contributed by atoms with Crippen molar-refractivity contribution in [3.63, 3.8) is 0 Å². The molecule has 0 atom stereocenters. The van der Waals surface area contributed by atoms with Crippen molar-refractivity contribution in [2.45, 2.75) is 33.2 Å². The molecule has 108 valence electrons. The summed E-state index contributed by atoms with van der Waals surface area (Å²) in [7, 11) is 1.99. The zero-order valence-corrected chi connectivity index (χ0v) is 14.6. The van der Waals surface area contributed by atoms with Gasteiger partial charge < -0.3 is 5.32 Å². The Balaban J connectivity index is 2.19. The number of hydrogen-bond acceptors (Lipinski definition) is 3. The molecule has 0 aliphatic carbocycles. The van der Waals surface area contributed by atoms with Crippen molar-refractivity contribution < 1.29 is 0 Å². The zero-order valence-electron chi connectivity index (χ0n) is 12.2. The highest BCUT2D eigenvalue weighted by atomic mass is 79.9. The number of aromatic nitrogens is 1. The number of halogens is 1. The molecule has 0 aliphatic heterocycles. The molecule has 0 amide bonds. The minimum Gasteiger partial charge on any atom is -0.315 e. The van der Waals surface area contributed by atoms with Gasteiger partial charge in [0.15, 0.2) is 0 Å². The molecule has 1 heterocycles. The first-order valence-electron chi connectivity index (χ1n) is 6.95. The number of nitrogens with one attached hydrogen (secondary N) is 1. The summed E-state index contributed by atoms with van der Waals surface area (Å²) in [5.74, 6) is 0.645. The van der Waals surface area contributed by atoms with Crippen molar-refractivity contribution in [2.24, 2.45) is 5.92 Å². The van der Waals surface area contributed by atoms with E-state index in [0.29, 0.717) is 5.92 Å². The molecular formula is C16H21BrN2S. The fourth-order valence-corrected chi connectivity index (χ4v) is 3.77. The smallest absolute Gasteiger partial charge is 0.0975 e. The minimum atomic E-state index is 0.645. The summed E-state index contributed by atoms with van der Waals surface area (Å²) < 4.78 is 1.13. The number of nitrogens with zero attached hydrogens (tertiary/aromatic N) is 1. The Morgan fingerprint density at radius 1 is 1.35 bits per heavy atom. The minimum absolute atomic E-state index is 0.645. The molecule has 2 aromatic rings. The van der Waals surface area contributed by atoms with Crippen LogP contribution in [0.5, 0.6) is 0 Å². The van der Waals surface area contributed by atoms with Crippen molar-refractivity contribution in [1.82, 2.24) is 10.3 Å². The lowest BCUT2D eigenvalue weighted by Gasteiger charge is -2.03. The van der Waals surface area contributed by atoms with Crippen molar-refractivity contribution in [2.75, 3.05) is 7.05 Å². The molecule has 0 bridgehead atoms. The first-order chi connectivity index (χ1) is 9.58. The van der Waals surface area contributed by atoms with Crippen LogP contribution in [0.1, 0.15) is 35.0 Å². The molecule has 2 rings (SSSR count). The van der Waals surface area contributed by atoms with Gasteiger partial charge in [-0.15, -0.1) is 11.3 Å². The van der Waals surface area contributed by atoms with Gasteiger partial charge in [0, 0.05) is 22.3 Å². The van der Waals surface area contributed by atoms with E-state index in [1.807, 2.05) is 18.4 Å². The number of thiazole rings is 1. The van der Waals surface area contributed by atoms with Gasteiger partial charge in [0.05, 0.1) is 10.7 Å². The highest BCUT2D eigenvalue weighted by Gasteiger charge is 2.12. The van der Waals surface area contributed by atoms with Crippen molar-refractivity contribution in [3.8, 4) is 0 Å². The van der Waals surface area contributed by atoms with Crippen LogP contribution < -0.4 is 5.32 Å². The van der Waals surface area contributed by atoms with E-state index < -0.39 is 0 Å². The lowest BCUT2D eigenvalue weighted by Crippen LogP contribution is -2.07. The van der Waals surface area contributed by atoms with Gasteiger partial charge in [-0.1, -0.05) is 41.9 Å². The first-order valence-corrected chi connectivity index (χ1v) is 8.56. The summed E-state index contributed by atoms with van der Waals surface area (Å²) in [6.45, 7) is 5.41. The van der Waals surface area contributed by atoms with Gasteiger partial charge in [0.1, 0.15) is 0 Å². The number of benzene rings is 1. The normalized spacial score (nSPS) is 11.2. The van der Waals surface area contributed by atoms with Crippen LogP contribution in [-0.4, -0.2) is 12.0 Å². The highest BCUT2D eigenvalue weighted by molar-refractivity contribution is 9.10. The van der Waals surface area contributed by atoms with E-state index in [4.69, 9.17) is 4.98 Å². The summed E-state index contributed by atoms with van der Waals surface area (Å²) >= 11 is 5.36. The van der Waals surface area contributed by atoms with Crippen LogP contribution in [0.15, 0.2) is 28.7 Å². The third-order valence-electron chi connectivity index (χ3n) is 3.01. The maximum atomic E-state index is 4.86. The molecule has 2 nitrogen and oxygen atoms in total. The molecule has 0 radical (unpaired) electrons. The van der Waals surface area contributed by atoms with Gasteiger partial charge in [-0.2, -0.15) is 0 Å². The van der Waals surface area contributed by atoms with E-state index in [9.17, 15) is 0 Å². The van der Waals surface area contributed by atoms with Crippen LogP contribution in [0.3, 0.4) is 0 Å². The van der Waals surface area contributed by atoms with E-state index in [1.165, 1.54) is 21.1 Å². The van der Waals surface area contributed by atoms with E-state index in [-0.39, 0.29) is 0 Å². The Kier molecular flexibility index (Phi) is 5.75. The van der Waals surface area contributed by atoms with Gasteiger partial charge in [0.25, 0.3) is 0 Å². The van der Waals surface area contributed by atoms with Crippen LogP contribution in [0.2, 0.25) is 0 Å². The molecule has 0 saturated heterocycles. The summed E-state index contributed by atoms with van der Waals surface area (Å²) in [6.07, 6.45) is 1.98. The quantitative estimate of drug-likeness (QED) is 0.832. The fraction of sp³-hybridized carbons (Fsp3) is 0.438. The van der Waals surface area contributed by atoms with Crippen LogP contribution in [-0.2, 0) is 19.4 Å². The topological polar surface area (TPSA) is 24.9 Å². The summed E-state index contributed by atoms with van der Waals surface area (Å²) in [5, 5.41) is 4.46. The second-order valence-corrected chi connectivity index (χ2v) is 7.50. The molecule has 1 N–H and O–H groups in total. The van der Waals surface area contributed by atoms with Crippen LogP contribution in [0, 0.1) is 5.92 Å². The van der Waals surface area contributed by atoms with Crippen LogP contribution >= 0.6 is 27.3 Å². The van der Waals surface area contributed by atoms with Gasteiger partial charge in [0.2, 0.25) is 0 Å². The molecule has 20 heavy (non-hydrogen) atoms. The number of hydrogen-bond donors (Lipinski definition) is 1. The van der Waals surface area contributed by atoms with Crippen LogP contribution in [0.25, 0.3) is 0 Å². The predicted octanol–water partition coefficient (Wildman–Crippen LogP) is 4.41. The standard InChI is InChI=1S/C16H21BrN2S/c1-11(2)7-14-15(10-18-3)20-16(19-14)9-12-5-4-6-13(17)8-12/h4-6,8,11,18H,7,9-10H2,1-3H3. The molecule has 0 spiro atoms. The number of rotatable bonds is 6. The average Bonchev–Trinajstić information content (AvgIpc) is 2.71. The molecule has 4 heteroatoms. The Morgan fingerprint density at radius 3 is 2.80 bits per heavy atom. The van der Waals surface area contributed by atoms with Gasteiger partial charge >= 0.3 is 0 Å². The Morgan fingerprint density at radius 2 is 2.15 bits per heavy atom. The molecule has 0 unspecified atom stereocenters. The Bertz CT molecular complexity index is 563. The summed E-state index contributed by atoms with van der Waals surface area (Å²) in [5.41, 5.74) is 2.57. The largest absolute Gasteiger partial charge is 0.315 e. The second-order valence-electron chi connectivity index (χ2n) is 5.41. The lowest BCUT2D eigenvalue weighted by molar-refractivity contribution is 0.629. The highest BCUT2D eigenvalue weighted by Crippen LogP contribution is 2.24. The SMILES string of the molecule is CNCc1sc(Cc2cccc(Br)c2)nc1CC(C)C. The van der Waals surface area contributed by atoms with Crippen molar-refractivity contribution >= 4 is 27.3 Å². The van der Waals surface area contributed by atoms with Gasteiger partial charge in [-0.05, 0) is 37.1 Å². The molecule has 0 fully saturated rings. The Labute approximate surface area is 133 Å². The first kappa shape index (κ1) is 15.7. The van der Waals surface area contributed by atoms with E-state index >= 15 is 0 Å². The Hall–Kier alpha value is -0.710. The van der Waals surface area contributed by atoms with Crippen molar-refractivity contribution in [1.29, 1.82) is 0 Å². The second kappa shape index (κ2) is 7.34. The maximum Gasteiger partial charge on any atom is 0.0975 e. The maximum absolute atomic E-state index is 4.86. The predicted molar refractivity (Wildman–Crippen MR) is 90.4 cm³/mol. The van der Waals surface area contributed by atoms with Crippen LogP contribution in [0.4, 0.5) is 0 Å². The zero-order chi connectivity index (χ0) is 14.5. The fourth-order valence-electron chi connectivity index (χ4n) is 2.18. The summed E-state index contributed by atoms with van der Waals surface area (Å²) in [4.78, 5) is 6.24. The molecule has 1 aromatic heterocycles. The third kappa shape index (κ3) is 4.40. The monoisotopic (exact) mass is 352 g/mol. The van der Waals surface area contributed by atoms with E-state index in [1.54, 1.807) is 0 Å². The molecular weight excluding hydrogens is 332 g/mol. The van der Waals surface area contributed by atoms with Gasteiger partial charge in [-0.3, -0.25) is 0 Å². The average molecular weight is 353 g/mol. The lowest BCUT2D eigenvalue weighted by atomic mass is 10.1. The third-order valence-corrected chi connectivity index (χ3v) is 4.60. The summed E-state index contributed by atoms with van der Waals surface area (Å²) in [6, 6.07) is 8.46. The van der Waals surface area contributed by atoms with E-state index in [0.717, 1.165) is 23.9 Å². The van der Waals surface area contributed by atoms with Crippen molar-refractivity contribution in [3.05, 3.63) is 49.9 Å².